The summed E-state index contributed by atoms with van der Waals surface area (Å²) in [6.45, 7) is 7.66. The Morgan fingerprint density at radius 1 is 1.21 bits per heavy atom. The van der Waals surface area contributed by atoms with Crippen LogP contribution < -0.4 is 15.8 Å². The Bertz CT molecular complexity index is 822. The quantitative estimate of drug-likeness (QED) is 0.810. The zero-order valence-corrected chi connectivity index (χ0v) is 17.5. The van der Waals surface area contributed by atoms with Gasteiger partial charge in [0.15, 0.2) is 0 Å². The van der Waals surface area contributed by atoms with E-state index in [2.05, 4.69) is 22.2 Å². The number of pyridine rings is 2. The van der Waals surface area contributed by atoms with Crippen LogP contribution >= 0.6 is 0 Å². The zero-order chi connectivity index (χ0) is 21.0. The second kappa shape index (κ2) is 8.68. The molecule has 2 aromatic heterocycles. The predicted molar refractivity (Wildman–Crippen MR) is 112 cm³/mol. The predicted octanol–water partition coefficient (Wildman–Crippen LogP) is 3.91. The molecule has 1 fully saturated rings. The van der Waals surface area contributed by atoms with E-state index in [1.807, 2.05) is 45.0 Å². The minimum atomic E-state index is -0.573. The fourth-order valence-electron chi connectivity index (χ4n) is 3.91. The number of carbonyl (C=O) groups is 1. The molecule has 2 aromatic rings. The van der Waals surface area contributed by atoms with Crippen molar-refractivity contribution in [3.05, 3.63) is 48.4 Å². The zero-order valence-electron chi connectivity index (χ0n) is 17.5. The third-order valence-electron chi connectivity index (χ3n) is 5.08. The number of nitrogen functional groups attached to an aromatic ring is 1. The molecular formula is C22H30N4O3. The van der Waals surface area contributed by atoms with Crippen molar-refractivity contribution in [3.8, 4) is 5.88 Å². The van der Waals surface area contributed by atoms with Gasteiger partial charge in [-0.15, -0.1) is 0 Å². The second-order valence-corrected chi connectivity index (χ2v) is 8.65. The highest BCUT2D eigenvalue weighted by molar-refractivity contribution is 5.68. The third-order valence-corrected chi connectivity index (χ3v) is 5.08. The van der Waals surface area contributed by atoms with Crippen LogP contribution in [0.3, 0.4) is 0 Å². The number of nitrogens with two attached hydrogens (primary N) is 1. The average Bonchev–Trinajstić information content (AvgIpc) is 2.64. The number of hydrogen-bond donors (Lipinski definition) is 2. The first-order valence-corrected chi connectivity index (χ1v) is 9.99. The van der Waals surface area contributed by atoms with E-state index in [-0.39, 0.29) is 24.0 Å². The first-order chi connectivity index (χ1) is 13.7. The number of aromatic nitrogens is 2. The SMILES string of the molecule is C[C@@H]1C[C@H](c2ccncc2N)C[C@H](NC(=O)OC(C)(C)C)[C@@H]1Oc1ccccn1. The highest BCUT2D eigenvalue weighted by Gasteiger charge is 2.40. The molecule has 2 heterocycles. The molecule has 0 aliphatic heterocycles. The van der Waals surface area contributed by atoms with E-state index in [0.717, 1.165) is 12.0 Å². The normalized spacial score (nSPS) is 24.6. The van der Waals surface area contributed by atoms with Crippen molar-refractivity contribution in [2.45, 2.75) is 64.2 Å². The summed E-state index contributed by atoms with van der Waals surface area (Å²) in [5.41, 5.74) is 7.32. The number of nitrogens with one attached hydrogen (secondary N) is 1. The van der Waals surface area contributed by atoms with E-state index in [0.29, 0.717) is 18.0 Å². The molecule has 4 atom stereocenters. The van der Waals surface area contributed by atoms with Crippen LogP contribution in [0.5, 0.6) is 5.88 Å². The van der Waals surface area contributed by atoms with Crippen LogP contribution in [0.15, 0.2) is 42.9 Å². The molecule has 0 unspecified atom stereocenters. The van der Waals surface area contributed by atoms with Gasteiger partial charge in [-0.2, -0.15) is 0 Å². The van der Waals surface area contributed by atoms with Crippen molar-refractivity contribution in [2.24, 2.45) is 5.92 Å². The smallest absolute Gasteiger partial charge is 0.408 e. The van der Waals surface area contributed by atoms with E-state index < -0.39 is 11.7 Å². The van der Waals surface area contributed by atoms with Gasteiger partial charge in [-0.1, -0.05) is 13.0 Å². The lowest BCUT2D eigenvalue weighted by Crippen LogP contribution is -2.53. The molecule has 0 aromatic carbocycles. The molecule has 156 valence electrons. The van der Waals surface area contributed by atoms with Gasteiger partial charge < -0.3 is 20.5 Å². The van der Waals surface area contributed by atoms with Crippen LogP contribution in [0.1, 0.15) is 52.0 Å². The monoisotopic (exact) mass is 398 g/mol. The molecule has 29 heavy (non-hydrogen) atoms. The Kier molecular flexibility index (Phi) is 6.25. The lowest BCUT2D eigenvalue weighted by molar-refractivity contribution is 0.0261. The number of alkyl carbamates (subject to hydrolysis) is 1. The van der Waals surface area contributed by atoms with Crippen molar-refractivity contribution in [3.63, 3.8) is 0 Å². The van der Waals surface area contributed by atoms with Crippen LogP contribution in [0, 0.1) is 5.92 Å². The minimum absolute atomic E-state index is 0.170. The number of anilines is 1. The molecule has 0 spiro atoms. The number of hydrogen-bond acceptors (Lipinski definition) is 6. The van der Waals surface area contributed by atoms with E-state index >= 15 is 0 Å². The Hall–Kier alpha value is -2.83. The molecule has 1 amide bonds. The van der Waals surface area contributed by atoms with E-state index in [4.69, 9.17) is 15.2 Å². The lowest BCUT2D eigenvalue weighted by atomic mass is 9.74. The molecule has 3 rings (SSSR count). The first-order valence-electron chi connectivity index (χ1n) is 9.99. The average molecular weight is 399 g/mol. The summed E-state index contributed by atoms with van der Waals surface area (Å²) in [7, 11) is 0. The number of ether oxygens (including phenoxy) is 2. The summed E-state index contributed by atoms with van der Waals surface area (Å²) in [5, 5.41) is 3.02. The Morgan fingerprint density at radius 3 is 2.66 bits per heavy atom. The standard InChI is InChI=1S/C22H30N4O3/c1-14-11-15(16-8-10-24-13-17(16)23)12-18(26-21(27)29-22(2,3)4)20(14)28-19-7-5-6-9-25-19/h5-10,13-15,18,20H,11-12,23H2,1-4H3,(H,26,27)/t14-,15+,18+,20-/m1/s1. The van der Waals surface area contributed by atoms with Gasteiger partial charge in [-0.3, -0.25) is 4.98 Å². The van der Waals surface area contributed by atoms with E-state index in [1.165, 1.54) is 0 Å². The number of amides is 1. The molecule has 1 aliphatic carbocycles. The maximum Gasteiger partial charge on any atom is 0.408 e. The van der Waals surface area contributed by atoms with E-state index in [9.17, 15) is 4.79 Å². The molecule has 7 heteroatoms. The summed E-state index contributed by atoms with van der Waals surface area (Å²) >= 11 is 0. The van der Waals surface area contributed by atoms with Gasteiger partial charge in [0.1, 0.15) is 11.7 Å². The van der Waals surface area contributed by atoms with Crippen LogP contribution in [0.25, 0.3) is 0 Å². The molecule has 0 radical (unpaired) electrons. The van der Waals surface area contributed by atoms with Crippen molar-refractivity contribution in [1.82, 2.24) is 15.3 Å². The molecule has 0 saturated heterocycles. The van der Waals surface area contributed by atoms with Crippen molar-refractivity contribution in [2.75, 3.05) is 5.73 Å². The molecule has 1 saturated carbocycles. The number of carbonyl (C=O) groups excluding carboxylic acids is 1. The fourth-order valence-corrected chi connectivity index (χ4v) is 3.91. The largest absolute Gasteiger partial charge is 0.472 e. The molecular weight excluding hydrogens is 368 g/mol. The van der Waals surface area contributed by atoms with Crippen LogP contribution in [-0.4, -0.2) is 33.8 Å². The molecule has 7 nitrogen and oxygen atoms in total. The van der Waals surface area contributed by atoms with Gasteiger partial charge in [0, 0.05) is 18.5 Å². The fraction of sp³-hybridized carbons (Fsp3) is 0.500. The van der Waals surface area contributed by atoms with Crippen molar-refractivity contribution < 1.29 is 14.3 Å². The first kappa shape index (κ1) is 20.9. The summed E-state index contributed by atoms with van der Waals surface area (Å²) in [5.74, 6) is 0.905. The maximum atomic E-state index is 12.5. The minimum Gasteiger partial charge on any atom is -0.472 e. The van der Waals surface area contributed by atoms with E-state index in [1.54, 1.807) is 18.6 Å². The molecule has 0 bridgehead atoms. The molecule has 1 aliphatic rings. The maximum absolute atomic E-state index is 12.5. The Labute approximate surface area is 172 Å². The summed E-state index contributed by atoms with van der Waals surface area (Å²) in [6.07, 6.45) is 6.02. The summed E-state index contributed by atoms with van der Waals surface area (Å²) in [4.78, 5) is 20.9. The highest BCUT2D eigenvalue weighted by atomic mass is 16.6. The van der Waals surface area contributed by atoms with Gasteiger partial charge >= 0.3 is 6.09 Å². The van der Waals surface area contributed by atoms with Gasteiger partial charge in [0.05, 0.1) is 17.9 Å². The number of nitrogens with zero attached hydrogens (tertiary/aromatic N) is 2. The van der Waals surface area contributed by atoms with Gasteiger partial charge in [0.25, 0.3) is 0 Å². The number of rotatable bonds is 4. The van der Waals surface area contributed by atoms with Crippen molar-refractivity contribution >= 4 is 11.8 Å². The van der Waals surface area contributed by atoms with Crippen molar-refractivity contribution in [1.29, 1.82) is 0 Å². The second-order valence-electron chi connectivity index (χ2n) is 8.65. The van der Waals surface area contributed by atoms with Crippen LogP contribution in [0.2, 0.25) is 0 Å². The van der Waals surface area contributed by atoms with Crippen LogP contribution in [0.4, 0.5) is 10.5 Å². The highest BCUT2D eigenvalue weighted by Crippen LogP contribution is 2.39. The van der Waals surface area contributed by atoms with Gasteiger partial charge in [-0.05, 0) is 63.1 Å². The lowest BCUT2D eigenvalue weighted by Gasteiger charge is -2.41. The van der Waals surface area contributed by atoms with Gasteiger partial charge in [0.2, 0.25) is 5.88 Å². The molecule has 3 N–H and O–H groups in total. The Morgan fingerprint density at radius 2 is 2.00 bits per heavy atom. The topological polar surface area (TPSA) is 99.4 Å². The summed E-state index contributed by atoms with van der Waals surface area (Å²) < 4.78 is 11.7. The van der Waals surface area contributed by atoms with Crippen LogP contribution in [-0.2, 0) is 4.74 Å². The van der Waals surface area contributed by atoms with Gasteiger partial charge in [-0.25, -0.2) is 9.78 Å². The Balaban J connectivity index is 1.82. The third kappa shape index (κ3) is 5.59. The summed E-state index contributed by atoms with van der Waals surface area (Å²) in [6, 6.07) is 7.26.